The minimum absolute atomic E-state index is 0.141. The number of carbonyl (C=O) groups is 4. The number of benzene rings is 3. The first-order valence-electron chi connectivity index (χ1n) is 24.5. The van der Waals surface area contributed by atoms with Crippen LogP contribution in [0.5, 0.6) is 0 Å². The average molecular weight is 1080 g/mol. The summed E-state index contributed by atoms with van der Waals surface area (Å²) < 4.78 is 52.7. The molecule has 0 spiro atoms. The summed E-state index contributed by atoms with van der Waals surface area (Å²) in [5.41, 5.74) is 1.93. The van der Waals surface area contributed by atoms with Crippen molar-refractivity contribution in [2.24, 2.45) is 5.92 Å². The number of carboxylic acid groups (broad SMARTS) is 1. The second-order valence-electron chi connectivity index (χ2n) is 18.4. The number of carbonyl (C=O) groups excluding carboxylic acids is 3. The first-order valence-corrected chi connectivity index (χ1v) is 24.5. The SMILES string of the molecule is CC(=O)O.CCC1OC(OC2C(OO)OC(OC3C(O)C(NC(=O)OCc4ccccc4)CC(NC(=O)OCc4ccccc4)C3OC3OC(CO)C(O)C(O)C3C)C2O)C(NC(=O)OCc2ccccc2)C(O)C1O. The molecule has 3 heterocycles. The smallest absolute Gasteiger partial charge is 0.407 e. The van der Waals surface area contributed by atoms with Crippen LogP contribution in [-0.4, -0.2) is 187 Å². The van der Waals surface area contributed by atoms with Gasteiger partial charge in [-0.1, -0.05) is 105 Å². The molecule has 7 rings (SSSR count). The Kier molecular flexibility index (Phi) is 22.5. The van der Waals surface area contributed by atoms with Crippen LogP contribution in [0.1, 0.15) is 50.3 Å². The Morgan fingerprint density at radius 2 is 0.987 bits per heavy atom. The third-order valence-electron chi connectivity index (χ3n) is 12.9. The first-order chi connectivity index (χ1) is 36.4. The van der Waals surface area contributed by atoms with Crippen molar-refractivity contribution in [3.63, 3.8) is 0 Å². The van der Waals surface area contributed by atoms with Gasteiger partial charge in [0.2, 0.25) is 6.29 Å². The summed E-state index contributed by atoms with van der Waals surface area (Å²) in [7, 11) is 0. The number of carboxylic acids is 1. The summed E-state index contributed by atoms with van der Waals surface area (Å²) in [4.78, 5) is 53.6. The Balaban J connectivity index is 0.00000226. The number of rotatable bonds is 18. The maximum atomic E-state index is 13.6. The van der Waals surface area contributed by atoms with Gasteiger partial charge in [-0.2, -0.15) is 0 Å². The van der Waals surface area contributed by atoms with Gasteiger partial charge in [0.25, 0.3) is 5.97 Å². The van der Waals surface area contributed by atoms with Crippen LogP contribution in [0, 0.1) is 5.92 Å². The molecule has 4 aliphatic rings. The summed E-state index contributed by atoms with van der Waals surface area (Å²) in [6.45, 7) is 2.94. The lowest BCUT2D eigenvalue weighted by Gasteiger charge is -2.48. The minimum Gasteiger partial charge on any atom is -0.481 e. The predicted molar refractivity (Wildman–Crippen MR) is 255 cm³/mol. The van der Waals surface area contributed by atoms with Crippen LogP contribution in [0.25, 0.3) is 0 Å². The maximum Gasteiger partial charge on any atom is 0.407 e. The molecule has 420 valence electrons. The zero-order valence-electron chi connectivity index (χ0n) is 41.6. The van der Waals surface area contributed by atoms with Gasteiger partial charge in [0.15, 0.2) is 18.9 Å². The molecule has 3 aromatic carbocycles. The van der Waals surface area contributed by atoms with Gasteiger partial charge in [-0.25, -0.2) is 24.5 Å². The van der Waals surface area contributed by atoms with Crippen molar-refractivity contribution in [1.29, 1.82) is 0 Å². The molecule has 26 heteroatoms. The molecule has 0 radical (unpaired) electrons. The molecule has 19 unspecified atom stereocenters. The second-order valence-corrected chi connectivity index (χ2v) is 18.4. The van der Waals surface area contributed by atoms with Crippen LogP contribution in [0.3, 0.4) is 0 Å². The van der Waals surface area contributed by atoms with E-state index >= 15 is 0 Å². The Bertz CT molecular complexity index is 2250. The highest BCUT2D eigenvalue weighted by Gasteiger charge is 2.57. The molecule has 12 N–H and O–H groups in total. The molecule has 3 amide bonds. The Morgan fingerprint density at radius 1 is 0.539 bits per heavy atom. The minimum atomic E-state index is -2.00. The quantitative estimate of drug-likeness (QED) is 0.0464. The second kappa shape index (κ2) is 28.6. The lowest BCUT2D eigenvalue weighted by Crippen LogP contribution is -2.68. The normalized spacial score (nSPS) is 34.1. The number of ether oxygens (including phenoxy) is 9. The molecule has 3 saturated heterocycles. The van der Waals surface area contributed by atoms with Crippen LogP contribution in [0.15, 0.2) is 91.0 Å². The van der Waals surface area contributed by atoms with Crippen molar-refractivity contribution >= 4 is 24.2 Å². The van der Waals surface area contributed by atoms with Crippen molar-refractivity contribution < 1.29 is 113 Å². The lowest BCUT2D eigenvalue weighted by atomic mass is 9.83. The van der Waals surface area contributed by atoms with E-state index in [0.29, 0.717) is 16.7 Å². The number of hydrogen-bond donors (Lipinski definition) is 12. The van der Waals surface area contributed by atoms with E-state index in [2.05, 4.69) is 20.8 Å². The summed E-state index contributed by atoms with van der Waals surface area (Å²) >= 11 is 0. The fourth-order valence-corrected chi connectivity index (χ4v) is 8.88. The fraction of sp³-hybridized carbons (Fsp3) is 0.560. The largest absolute Gasteiger partial charge is 0.481 e. The van der Waals surface area contributed by atoms with Gasteiger partial charge in [-0.15, -0.1) is 0 Å². The number of hydrogen-bond acceptors (Lipinski definition) is 22. The third kappa shape index (κ3) is 16.0. The molecule has 3 aromatic rings. The maximum absolute atomic E-state index is 13.6. The van der Waals surface area contributed by atoms with Crippen molar-refractivity contribution in [3.8, 4) is 0 Å². The van der Waals surface area contributed by atoms with Crippen LogP contribution in [0.2, 0.25) is 0 Å². The van der Waals surface area contributed by atoms with E-state index in [1.165, 1.54) is 6.92 Å². The standard InChI is InChI=1S/C48H63N3O21.C2H4O2/c1-3-30-35(55)37(57)32(51-48(61)65-23-27-17-11-6-12-18-27)43(66-30)70-41-38(58)44(71-45(41)72-62)69-40-34(54)28(49-46(59)63-21-25-13-7-4-8-14-25)19-29(50-47(60)64-22-26-15-9-5-10-16-26)39(40)68-42-24(2)33(53)36(56)31(20-52)67-42;1-2(3)4/h4-18,24,28-45,52-58,62H,3,19-23H2,1-2H3,(H,49,59)(H,50,60)(H,51,61);1H3,(H,3,4). The molecule has 0 bridgehead atoms. The van der Waals surface area contributed by atoms with E-state index in [9.17, 15) is 55.4 Å². The van der Waals surface area contributed by atoms with Crippen molar-refractivity contribution in [2.45, 2.75) is 164 Å². The highest BCUT2D eigenvalue weighted by atomic mass is 17.1. The lowest BCUT2D eigenvalue weighted by molar-refractivity contribution is -0.383. The van der Waals surface area contributed by atoms with Crippen LogP contribution >= 0.6 is 0 Å². The average Bonchev–Trinajstić information content (AvgIpc) is 3.71. The van der Waals surface area contributed by atoms with Gasteiger partial charge in [0.05, 0.1) is 30.9 Å². The highest BCUT2D eigenvalue weighted by molar-refractivity contribution is 5.69. The number of aliphatic hydroxyl groups is 7. The third-order valence-corrected chi connectivity index (χ3v) is 12.9. The number of nitrogens with one attached hydrogen (secondary N) is 3. The molecule has 19 atom stereocenters. The number of alkyl carbamates (subject to hydrolysis) is 3. The van der Waals surface area contributed by atoms with Crippen LogP contribution in [-0.2, 0) is 72.1 Å². The van der Waals surface area contributed by atoms with E-state index in [0.717, 1.165) is 6.92 Å². The number of aliphatic hydroxyl groups excluding tert-OH is 7. The zero-order valence-corrected chi connectivity index (χ0v) is 41.6. The van der Waals surface area contributed by atoms with Gasteiger partial charge in [0, 0.05) is 12.8 Å². The number of amides is 3. The number of aliphatic carboxylic acids is 1. The molecule has 26 nitrogen and oxygen atoms in total. The highest BCUT2D eigenvalue weighted by Crippen LogP contribution is 2.37. The van der Waals surface area contributed by atoms with E-state index in [-0.39, 0.29) is 32.7 Å². The van der Waals surface area contributed by atoms with Crippen LogP contribution < -0.4 is 16.0 Å². The van der Waals surface area contributed by atoms with E-state index in [1.807, 2.05) is 0 Å². The van der Waals surface area contributed by atoms with E-state index < -0.39 is 147 Å². The monoisotopic (exact) mass is 1080 g/mol. The van der Waals surface area contributed by atoms with Crippen molar-refractivity contribution in [1.82, 2.24) is 16.0 Å². The summed E-state index contributed by atoms with van der Waals surface area (Å²) in [6, 6.07) is 21.9. The Hall–Kier alpha value is -5.66. The van der Waals surface area contributed by atoms with Gasteiger partial charge >= 0.3 is 18.3 Å². The van der Waals surface area contributed by atoms with Gasteiger partial charge < -0.3 is 99.4 Å². The fourth-order valence-electron chi connectivity index (χ4n) is 8.88. The molecule has 3 aliphatic heterocycles. The Morgan fingerprint density at radius 3 is 1.47 bits per heavy atom. The van der Waals surface area contributed by atoms with E-state index in [1.54, 1.807) is 97.9 Å². The summed E-state index contributed by atoms with van der Waals surface area (Å²) in [6.07, 6.45) is -28.0. The molecule has 1 saturated carbocycles. The predicted octanol–water partition coefficient (Wildman–Crippen LogP) is 0.347. The summed E-state index contributed by atoms with van der Waals surface area (Å²) in [5.74, 6) is -1.86. The first kappa shape index (κ1) is 59.6. The molecular formula is C50H67N3O23. The van der Waals surface area contributed by atoms with Gasteiger partial charge in [-0.3, -0.25) is 4.79 Å². The molecule has 1 aliphatic carbocycles. The van der Waals surface area contributed by atoms with Crippen molar-refractivity contribution in [3.05, 3.63) is 108 Å². The summed E-state index contributed by atoms with van der Waals surface area (Å²) in [5, 5.41) is 103. The Labute approximate surface area is 436 Å². The van der Waals surface area contributed by atoms with Crippen molar-refractivity contribution in [2.75, 3.05) is 6.61 Å². The van der Waals surface area contributed by atoms with Gasteiger partial charge in [-0.05, 0) is 29.5 Å². The molecule has 76 heavy (non-hydrogen) atoms. The van der Waals surface area contributed by atoms with E-state index in [4.69, 9.17) is 52.5 Å². The topological polar surface area (TPSA) is 379 Å². The van der Waals surface area contributed by atoms with Gasteiger partial charge in [0.1, 0.15) is 80.8 Å². The molecule has 0 aromatic heterocycles. The zero-order chi connectivity index (χ0) is 55.1. The molecule has 4 fully saturated rings. The molecular weight excluding hydrogens is 1010 g/mol. The van der Waals surface area contributed by atoms with Crippen LogP contribution in [0.4, 0.5) is 14.4 Å².